The molecule has 3 atom stereocenters. The molecule has 1 heterocycles. The molecule has 0 bridgehead atoms. The number of aliphatic hydroxyl groups excluding tert-OH is 1. The van der Waals surface area contributed by atoms with Gasteiger partial charge in [-0.3, -0.25) is 0 Å². The SMILES string of the molecule is C[C@H](O)C[C@@H]1COCCN1C(=O)N[C@H](C)c1cccc2ccccc12. The highest BCUT2D eigenvalue weighted by molar-refractivity contribution is 5.86. The second-order valence-electron chi connectivity index (χ2n) is 6.75. The average Bonchev–Trinajstić information content (AvgIpc) is 2.61. The van der Waals surface area contributed by atoms with Crippen LogP contribution in [0, 0.1) is 0 Å². The first-order chi connectivity index (χ1) is 12.1. The van der Waals surface area contributed by atoms with E-state index in [0.29, 0.717) is 26.2 Å². The summed E-state index contributed by atoms with van der Waals surface area (Å²) in [5, 5.41) is 15.1. The molecule has 25 heavy (non-hydrogen) atoms. The Morgan fingerprint density at radius 1 is 1.28 bits per heavy atom. The van der Waals surface area contributed by atoms with Crippen LogP contribution in [0.2, 0.25) is 0 Å². The number of urea groups is 1. The lowest BCUT2D eigenvalue weighted by Gasteiger charge is -2.37. The number of benzene rings is 2. The van der Waals surface area contributed by atoms with E-state index in [1.165, 1.54) is 5.39 Å². The third-order valence-electron chi connectivity index (χ3n) is 4.73. The molecular weight excluding hydrogens is 316 g/mol. The Morgan fingerprint density at radius 3 is 2.84 bits per heavy atom. The van der Waals surface area contributed by atoms with Gasteiger partial charge in [0.2, 0.25) is 0 Å². The van der Waals surface area contributed by atoms with Crippen LogP contribution < -0.4 is 5.32 Å². The van der Waals surface area contributed by atoms with Gasteiger partial charge in [-0.25, -0.2) is 4.79 Å². The smallest absolute Gasteiger partial charge is 0.318 e. The molecule has 0 aliphatic carbocycles. The zero-order valence-electron chi connectivity index (χ0n) is 14.8. The number of aliphatic hydroxyl groups is 1. The summed E-state index contributed by atoms with van der Waals surface area (Å²) in [5.74, 6) is 0. The average molecular weight is 342 g/mol. The summed E-state index contributed by atoms with van der Waals surface area (Å²) in [6.45, 7) is 5.30. The van der Waals surface area contributed by atoms with Crippen LogP contribution in [0.5, 0.6) is 0 Å². The lowest BCUT2D eigenvalue weighted by atomic mass is 10.00. The van der Waals surface area contributed by atoms with Crippen molar-refractivity contribution in [3.05, 3.63) is 48.0 Å². The number of nitrogens with one attached hydrogen (secondary N) is 1. The van der Waals surface area contributed by atoms with Crippen molar-refractivity contribution >= 4 is 16.8 Å². The van der Waals surface area contributed by atoms with Gasteiger partial charge in [0.05, 0.1) is 31.4 Å². The number of carbonyl (C=O) groups excluding carboxylic acids is 1. The third kappa shape index (κ3) is 4.11. The molecule has 0 unspecified atom stereocenters. The largest absolute Gasteiger partial charge is 0.393 e. The van der Waals surface area contributed by atoms with E-state index in [-0.39, 0.29) is 18.1 Å². The molecule has 5 nitrogen and oxygen atoms in total. The maximum Gasteiger partial charge on any atom is 0.318 e. The van der Waals surface area contributed by atoms with Gasteiger partial charge < -0.3 is 20.1 Å². The molecule has 2 aromatic rings. The van der Waals surface area contributed by atoms with Gasteiger partial charge in [-0.2, -0.15) is 0 Å². The molecule has 1 aliphatic heterocycles. The molecule has 2 aromatic carbocycles. The van der Waals surface area contributed by atoms with Crippen molar-refractivity contribution in [2.75, 3.05) is 19.8 Å². The monoisotopic (exact) mass is 342 g/mol. The van der Waals surface area contributed by atoms with E-state index in [0.717, 1.165) is 10.9 Å². The number of nitrogens with zero attached hydrogens (tertiary/aromatic N) is 1. The van der Waals surface area contributed by atoms with Crippen molar-refractivity contribution in [2.24, 2.45) is 0 Å². The highest BCUT2D eigenvalue weighted by atomic mass is 16.5. The molecule has 0 radical (unpaired) electrons. The van der Waals surface area contributed by atoms with Crippen LogP contribution in [-0.4, -0.2) is 47.9 Å². The van der Waals surface area contributed by atoms with Crippen LogP contribution in [0.15, 0.2) is 42.5 Å². The molecule has 134 valence electrons. The first-order valence-corrected chi connectivity index (χ1v) is 8.87. The summed E-state index contributed by atoms with van der Waals surface area (Å²) >= 11 is 0. The Balaban J connectivity index is 1.75. The Bertz CT molecular complexity index is 726. The maximum atomic E-state index is 12.8. The summed E-state index contributed by atoms with van der Waals surface area (Å²) < 4.78 is 5.48. The van der Waals surface area contributed by atoms with Gasteiger partial charge in [0.25, 0.3) is 0 Å². The predicted octanol–water partition coefficient (Wildman–Crippen LogP) is 3.08. The van der Waals surface area contributed by atoms with Gasteiger partial charge in [-0.05, 0) is 36.6 Å². The van der Waals surface area contributed by atoms with Gasteiger partial charge in [-0.1, -0.05) is 42.5 Å². The van der Waals surface area contributed by atoms with Crippen molar-refractivity contribution in [1.82, 2.24) is 10.2 Å². The highest BCUT2D eigenvalue weighted by Gasteiger charge is 2.29. The van der Waals surface area contributed by atoms with E-state index in [9.17, 15) is 9.90 Å². The van der Waals surface area contributed by atoms with Crippen molar-refractivity contribution in [3.8, 4) is 0 Å². The van der Waals surface area contributed by atoms with E-state index in [2.05, 4.69) is 29.6 Å². The summed E-state index contributed by atoms with van der Waals surface area (Å²) in [6.07, 6.45) is 0.0632. The summed E-state index contributed by atoms with van der Waals surface area (Å²) in [5.41, 5.74) is 1.10. The van der Waals surface area contributed by atoms with Crippen LogP contribution in [-0.2, 0) is 4.74 Å². The fourth-order valence-electron chi connectivity index (χ4n) is 3.49. The molecule has 2 amide bonds. The van der Waals surface area contributed by atoms with Crippen LogP contribution in [0.1, 0.15) is 31.9 Å². The molecule has 0 spiro atoms. The summed E-state index contributed by atoms with van der Waals surface area (Å²) in [4.78, 5) is 14.6. The van der Waals surface area contributed by atoms with Crippen molar-refractivity contribution in [3.63, 3.8) is 0 Å². The Labute approximate surface area is 148 Å². The number of morpholine rings is 1. The number of hydrogen-bond acceptors (Lipinski definition) is 3. The van der Waals surface area contributed by atoms with Crippen molar-refractivity contribution < 1.29 is 14.6 Å². The Hall–Kier alpha value is -2.11. The van der Waals surface area contributed by atoms with Crippen molar-refractivity contribution in [1.29, 1.82) is 0 Å². The van der Waals surface area contributed by atoms with E-state index in [1.54, 1.807) is 11.8 Å². The fourth-order valence-corrected chi connectivity index (χ4v) is 3.49. The minimum atomic E-state index is -0.461. The predicted molar refractivity (Wildman–Crippen MR) is 98.5 cm³/mol. The fraction of sp³-hybridized carbons (Fsp3) is 0.450. The normalized spacial score (nSPS) is 20.3. The lowest BCUT2D eigenvalue weighted by Crippen LogP contribution is -2.53. The van der Waals surface area contributed by atoms with E-state index in [1.807, 2.05) is 25.1 Å². The molecule has 1 saturated heterocycles. The van der Waals surface area contributed by atoms with E-state index >= 15 is 0 Å². The van der Waals surface area contributed by atoms with Crippen molar-refractivity contribution in [2.45, 2.75) is 38.5 Å². The Kier molecular flexibility index (Phi) is 5.56. The summed E-state index contributed by atoms with van der Waals surface area (Å²) in [6, 6.07) is 14.0. The molecule has 3 rings (SSSR count). The number of ether oxygens (including phenoxy) is 1. The Morgan fingerprint density at radius 2 is 2.04 bits per heavy atom. The van der Waals surface area contributed by atoms with Gasteiger partial charge >= 0.3 is 6.03 Å². The molecule has 1 fully saturated rings. The first-order valence-electron chi connectivity index (χ1n) is 8.87. The number of rotatable bonds is 4. The van der Waals surface area contributed by atoms with Crippen LogP contribution in [0.4, 0.5) is 4.79 Å². The standard InChI is InChI=1S/C20H26N2O3/c1-14(23)12-17-13-25-11-10-22(17)20(24)21-15(2)18-9-5-7-16-6-3-4-8-19(16)18/h3-9,14-15,17,23H,10-13H2,1-2H3,(H,21,24)/t14-,15+,17+/m0/s1. The molecule has 5 heteroatoms. The maximum absolute atomic E-state index is 12.8. The number of fused-ring (bicyclic) bond motifs is 1. The van der Waals surface area contributed by atoms with E-state index < -0.39 is 6.10 Å². The second-order valence-corrected chi connectivity index (χ2v) is 6.75. The number of hydrogen-bond donors (Lipinski definition) is 2. The van der Waals surface area contributed by atoms with Gasteiger partial charge in [0, 0.05) is 6.54 Å². The zero-order valence-corrected chi connectivity index (χ0v) is 14.8. The van der Waals surface area contributed by atoms with Gasteiger partial charge in [0.1, 0.15) is 0 Å². The topological polar surface area (TPSA) is 61.8 Å². The third-order valence-corrected chi connectivity index (χ3v) is 4.73. The molecule has 0 aromatic heterocycles. The molecule has 2 N–H and O–H groups in total. The van der Waals surface area contributed by atoms with Crippen LogP contribution in [0.3, 0.4) is 0 Å². The van der Waals surface area contributed by atoms with Gasteiger partial charge in [-0.15, -0.1) is 0 Å². The van der Waals surface area contributed by atoms with E-state index in [4.69, 9.17) is 4.74 Å². The second kappa shape index (κ2) is 7.85. The number of carbonyl (C=O) groups is 1. The summed E-state index contributed by atoms with van der Waals surface area (Å²) in [7, 11) is 0. The number of amides is 2. The molecule has 1 aliphatic rings. The molecule has 0 saturated carbocycles. The molecular formula is C20H26N2O3. The minimum Gasteiger partial charge on any atom is -0.393 e. The first kappa shape index (κ1) is 17.7. The highest BCUT2D eigenvalue weighted by Crippen LogP contribution is 2.24. The zero-order chi connectivity index (χ0) is 17.8. The van der Waals surface area contributed by atoms with Crippen LogP contribution in [0.25, 0.3) is 10.8 Å². The van der Waals surface area contributed by atoms with Gasteiger partial charge in [0.15, 0.2) is 0 Å². The lowest BCUT2D eigenvalue weighted by molar-refractivity contribution is -0.00473. The minimum absolute atomic E-state index is 0.0894. The van der Waals surface area contributed by atoms with Crippen LogP contribution >= 0.6 is 0 Å². The quantitative estimate of drug-likeness (QED) is 0.897.